The highest BCUT2D eigenvalue weighted by Gasteiger charge is 2.25. The molecule has 3 rings (SSSR count). The van der Waals surface area contributed by atoms with Crippen LogP contribution < -0.4 is 0 Å². The summed E-state index contributed by atoms with van der Waals surface area (Å²) in [5, 5.41) is 11.3. The van der Waals surface area contributed by atoms with Crippen molar-refractivity contribution in [2.75, 3.05) is 0 Å². The van der Waals surface area contributed by atoms with Gasteiger partial charge in [-0.25, -0.2) is 0 Å². The maximum Gasteiger partial charge on any atom is 0.0571 e. The monoisotopic (exact) mass is 243 g/mol. The fourth-order valence-corrected chi connectivity index (χ4v) is 3.15. The SMILES string of the molecule is CCc1ccc2[nH]cc(CC3CCCC3O)c2c1. The van der Waals surface area contributed by atoms with Crippen LogP contribution >= 0.6 is 0 Å². The summed E-state index contributed by atoms with van der Waals surface area (Å²) in [4.78, 5) is 3.35. The molecule has 0 radical (unpaired) electrons. The number of nitrogens with one attached hydrogen (secondary N) is 1. The number of aliphatic hydroxyl groups excluding tert-OH is 1. The van der Waals surface area contributed by atoms with E-state index in [-0.39, 0.29) is 6.10 Å². The second kappa shape index (κ2) is 4.77. The van der Waals surface area contributed by atoms with Crippen LogP contribution in [0.3, 0.4) is 0 Å². The maximum atomic E-state index is 9.95. The number of aromatic amines is 1. The zero-order valence-electron chi connectivity index (χ0n) is 10.9. The van der Waals surface area contributed by atoms with E-state index in [1.54, 1.807) is 0 Å². The molecule has 1 aliphatic rings. The van der Waals surface area contributed by atoms with Crippen molar-refractivity contribution in [3.05, 3.63) is 35.5 Å². The zero-order valence-corrected chi connectivity index (χ0v) is 10.9. The molecule has 1 aromatic heterocycles. The topological polar surface area (TPSA) is 36.0 Å². The van der Waals surface area contributed by atoms with Crippen LogP contribution in [-0.2, 0) is 12.8 Å². The molecule has 0 spiro atoms. The Morgan fingerprint density at radius 2 is 2.22 bits per heavy atom. The molecule has 2 atom stereocenters. The van der Waals surface area contributed by atoms with E-state index in [1.807, 2.05) is 0 Å². The van der Waals surface area contributed by atoms with Gasteiger partial charge in [-0.15, -0.1) is 0 Å². The van der Waals surface area contributed by atoms with Crippen molar-refractivity contribution < 1.29 is 5.11 Å². The van der Waals surface area contributed by atoms with Gasteiger partial charge in [-0.2, -0.15) is 0 Å². The molecule has 0 aliphatic heterocycles. The van der Waals surface area contributed by atoms with Crippen LogP contribution in [0.25, 0.3) is 10.9 Å². The predicted molar refractivity (Wildman–Crippen MR) is 74.7 cm³/mol. The number of rotatable bonds is 3. The number of aromatic nitrogens is 1. The molecule has 0 saturated heterocycles. The summed E-state index contributed by atoms with van der Waals surface area (Å²) >= 11 is 0. The van der Waals surface area contributed by atoms with Crippen LogP contribution in [0.4, 0.5) is 0 Å². The lowest BCUT2D eigenvalue weighted by Gasteiger charge is -2.13. The summed E-state index contributed by atoms with van der Waals surface area (Å²) in [7, 11) is 0. The van der Waals surface area contributed by atoms with Crippen LogP contribution in [0.2, 0.25) is 0 Å². The lowest BCUT2D eigenvalue weighted by atomic mass is 9.95. The molecule has 2 aromatic rings. The number of aryl methyl sites for hydroxylation is 1. The molecule has 18 heavy (non-hydrogen) atoms. The minimum absolute atomic E-state index is 0.0932. The maximum absolute atomic E-state index is 9.95. The molecule has 1 aliphatic carbocycles. The van der Waals surface area contributed by atoms with Gasteiger partial charge >= 0.3 is 0 Å². The Balaban J connectivity index is 1.91. The van der Waals surface area contributed by atoms with Gasteiger partial charge in [-0.1, -0.05) is 19.4 Å². The van der Waals surface area contributed by atoms with E-state index >= 15 is 0 Å². The first-order valence-corrected chi connectivity index (χ1v) is 7.05. The smallest absolute Gasteiger partial charge is 0.0571 e. The molecular formula is C16H21NO. The summed E-state index contributed by atoms with van der Waals surface area (Å²) in [6, 6.07) is 6.65. The quantitative estimate of drug-likeness (QED) is 0.851. The molecule has 2 N–H and O–H groups in total. The van der Waals surface area contributed by atoms with E-state index in [1.165, 1.54) is 34.9 Å². The molecule has 0 bridgehead atoms. The van der Waals surface area contributed by atoms with Gasteiger partial charge in [0.25, 0.3) is 0 Å². The van der Waals surface area contributed by atoms with Crippen molar-refractivity contribution >= 4 is 10.9 Å². The number of hydrogen-bond donors (Lipinski definition) is 2. The van der Waals surface area contributed by atoms with E-state index in [2.05, 4.69) is 36.3 Å². The molecule has 1 heterocycles. The largest absolute Gasteiger partial charge is 0.393 e. The Hall–Kier alpha value is -1.28. The van der Waals surface area contributed by atoms with Gasteiger partial charge in [0, 0.05) is 17.1 Å². The summed E-state index contributed by atoms with van der Waals surface area (Å²) in [6.45, 7) is 2.19. The van der Waals surface area contributed by atoms with Gasteiger partial charge in [0.05, 0.1) is 6.10 Å². The van der Waals surface area contributed by atoms with Crippen molar-refractivity contribution in [3.63, 3.8) is 0 Å². The highest BCUT2D eigenvalue weighted by atomic mass is 16.3. The van der Waals surface area contributed by atoms with E-state index in [4.69, 9.17) is 0 Å². The van der Waals surface area contributed by atoms with Gasteiger partial charge < -0.3 is 10.1 Å². The average Bonchev–Trinajstić information content (AvgIpc) is 2.97. The van der Waals surface area contributed by atoms with Crippen molar-refractivity contribution in [2.45, 2.75) is 45.1 Å². The van der Waals surface area contributed by atoms with Crippen molar-refractivity contribution in [2.24, 2.45) is 5.92 Å². The molecule has 1 aromatic carbocycles. The van der Waals surface area contributed by atoms with E-state index < -0.39 is 0 Å². The van der Waals surface area contributed by atoms with E-state index in [9.17, 15) is 5.11 Å². The van der Waals surface area contributed by atoms with Gasteiger partial charge in [0.15, 0.2) is 0 Å². The molecule has 2 unspecified atom stereocenters. The predicted octanol–water partition coefficient (Wildman–Crippen LogP) is 3.43. The fourth-order valence-electron chi connectivity index (χ4n) is 3.15. The van der Waals surface area contributed by atoms with Gasteiger partial charge in [0.1, 0.15) is 0 Å². The Labute approximate surface area is 108 Å². The number of aliphatic hydroxyl groups is 1. The molecule has 1 saturated carbocycles. The van der Waals surface area contributed by atoms with Crippen LogP contribution in [0.5, 0.6) is 0 Å². The average molecular weight is 243 g/mol. The second-order valence-corrected chi connectivity index (χ2v) is 5.51. The first-order valence-electron chi connectivity index (χ1n) is 7.05. The van der Waals surface area contributed by atoms with E-state index in [0.717, 1.165) is 19.3 Å². The van der Waals surface area contributed by atoms with Crippen molar-refractivity contribution in [1.29, 1.82) is 0 Å². The number of H-pyrrole nitrogens is 1. The first kappa shape index (κ1) is 11.8. The highest BCUT2D eigenvalue weighted by Crippen LogP contribution is 2.31. The van der Waals surface area contributed by atoms with Crippen LogP contribution in [-0.4, -0.2) is 16.2 Å². The number of benzene rings is 1. The van der Waals surface area contributed by atoms with Crippen molar-refractivity contribution in [3.8, 4) is 0 Å². The van der Waals surface area contributed by atoms with Gasteiger partial charge in [0.2, 0.25) is 0 Å². The number of fused-ring (bicyclic) bond motifs is 1. The van der Waals surface area contributed by atoms with Crippen LogP contribution in [0, 0.1) is 5.92 Å². The van der Waals surface area contributed by atoms with E-state index in [0.29, 0.717) is 5.92 Å². The summed E-state index contributed by atoms with van der Waals surface area (Å²) in [6.07, 6.45) is 7.43. The first-order chi connectivity index (χ1) is 8.78. The van der Waals surface area contributed by atoms with Gasteiger partial charge in [-0.3, -0.25) is 0 Å². The van der Waals surface area contributed by atoms with Crippen LogP contribution in [0.15, 0.2) is 24.4 Å². The molecular weight excluding hydrogens is 222 g/mol. The minimum Gasteiger partial charge on any atom is -0.393 e. The Morgan fingerprint density at radius 1 is 1.33 bits per heavy atom. The molecule has 1 fully saturated rings. The zero-order chi connectivity index (χ0) is 12.5. The Kier molecular flexibility index (Phi) is 3.13. The Bertz CT molecular complexity index is 543. The molecule has 2 nitrogen and oxygen atoms in total. The number of hydrogen-bond acceptors (Lipinski definition) is 1. The van der Waals surface area contributed by atoms with Crippen molar-refractivity contribution in [1.82, 2.24) is 4.98 Å². The minimum atomic E-state index is -0.0932. The lowest BCUT2D eigenvalue weighted by Crippen LogP contribution is -2.15. The standard InChI is InChI=1S/C16H21NO/c1-2-11-6-7-15-14(8-11)13(10-17-15)9-12-4-3-5-16(12)18/h6-8,10,12,16-18H,2-5,9H2,1H3. The third-order valence-corrected chi connectivity index (χ3v) is 4.34. The normalized spacial score (nSPS) is 23.9. The van der Waals surface area contributed by atoms with Crippen LogP contribution in [0.1, 0.15) is 37.3 Å². The second-order valence-electron chi connectivity index (χ2n) is 5.51. The third kappa shape index (κ3) is 2.05. The summed E-state index contributed by atoms with van der Waals surface area (Å²) in [5.41, 5.74) is 3.97. The third-order valence-electron chi connectivity index (χ3n) is 4.34. The summed E-state index contributed by atoms with van der Waals surface area (Å²) < 4.78 is 0. The Morgan fingerprint density at radius 3 is 2.94 bits per heavy atom. The lowest BCUT2D eigenvalue weighted by molar-refractivity contribution is 0.133. The molecule has 2 heteroatoms. The fraction of sp³-hybridized carbons (Fsp3) is 0.500. The molecule has 0 amide bonds. The summed E-state index contributed by atoms with van der Waals surface area (Å²) in [5.74, 6) is 0.453. The van der Waals surface area contributed by atoms with Gasteiger partial charge in [-0.05, 0) is 54.9 Å². The molecule has 96 valence electrons. The highest BCUT2D eigenvalue weighted by molar-refractivity contribution is 5.83.